The fourth-order valence-electron chi connectivity index (χ4n) is 3.36. The molecule has 0 aliphatic rings. The summed E-state index contributed by atoms with van der Waals surface area (Å²) in [6, 6.07) is 15.6. The Morgan fingerprint density at radius 2 is 1.89 bits per heavy atom. The normalized spacial score (nSPS) is 11.6. The minimum Gasteiger partial charge on any atom is -0.481 e. The zero-order valence-corrected chi connectivity index (χ0v) is 20.2. The van der Waals surface area contributed by atoms with Crippen molar-refractivity contribution in [1.29, 1.82) is 0 Å². The van der Waals surface area contributed by atoms with Crippen LogP contribution in [0.2, 0.25) is 5.02 Å². The van der Waals surface area contributed by atoms with E-state index in [4.69, 9.17) is 16.3 Å². The monoisotopic (exact) mass is 525 g/mol. The molecule has 2 aromatic carbocycles. The predicted octanol–water partition coefficient (Wildman–Crippen LogP) is 3.90. The largest absolute Gasteiger partial charge is 0.481 e. The van der Waals surface area contributed by atoms with Crippen molar-refractivity contribution in [2.24, 2.45) is 5.92 Å². The molecule has 190 valence electrons. The summed E-state index contributed by atoms with van der Waals surface area (Å²) in [7, 11) is 0. The van der Waals surface area contributed by atoms with E-state index in [2.05, 4.69) is 15.3 Å². The van der Waals surface area contributed by atoms with Gasteiger partial charge in [0.15, 0.2) is 11.6 Å². The van der Waals surface area contributed by atoms with Gasteiger partial charge in [0.05, 0.1) is 12.5 Å². The Labute approximate surface area is 214 Å². The summed E-state index contributed by atoms with van der Waals surface area (Å²) in [6.07, 6.45) is 1.51. The van der Waals surface area contributed by atoms with E-state index in [-0.39, 0.29) is 36.4 Å². The molecule has 0 saturated heterocycles. The molecule has 37 heavy (non-hydrogen) atoms. The average Bonchev–Trinajstić information content (AvgIpc) is 2.87. The molecule has 0 saturated carbocycles. The summed E-state index contributed by atoms with van der Waals surface area (Å²) in [5, 5.41) is 12.5. The van der Waals surface area contributed by atoms with Crippen LogP contribution in [0.1, 0.15) is 12.5 Å². The molecule has 4 aromatic rings. The summed E-state index contributed by atoms with van der Waals surface area (Å²) < 4.78 is 22.1. The lowest BCUT2D eigenvalue weighted by molar-refractivity contribution is -0.141. The number of nitrogens with zero attached hydrogens (tertiary/aromatic N) is 4. The van der Waals surface area contributed by atoms with E-state index >= 15 is 0 Å². The van der Waals surface area contributed by atoms with Crippen molar-refractivity contribution >= 4 is 29.2 Å². The van der Waals surface area contributed by atoms with Crippen LogP contribution in [0.4, 0.5) is 16.0 Å². The van der Waals surface area contributed by atoms with E-state index in [0.29, 0.717) is 10.6 Å². The molecule has 0 radical (unpaired) electrons. The highest BCUT2D eigenvalue weighted by atomic mass is 35.5. The Morgan fingerprint density at radius 1 is 1.14 bits per heavy atom. The van der Waals surface area contributed by atoms with Crippen LogP contribution in [-0.4, -0.2) is 30.2 Å². The Balaban J connectivity index is 1.70. The van der Waals surface area contributed by atoms with Gasteiger partial charge in [0.2, 0.25) is 11.8 Å². The molecule has 4 rings (SSSR count). The average molecular weight is 526 g/mol. The number of carboxylic acid groups (broad SMARTS) is 1. The van der Waals surface area contributed by atoms with Crippen molar-refractivity contribution in [2.45, 2.75) is 20.0 Å². The number of aliphatic carboxylic acids is 1. The van der Waals surface area contributed by atoms with Crippen molar-refractivity contribution in [3.63, 3.8) is 0 Å². The van der Waals surface area contributed by atoms with Gasteiger partial charge < -0.3 is 15.2 Å². The summed E-state index contributed by atoms with van der Waals surface area (Å²) in [5.41, 5.74) is -0.860. The molecular weight excluding hydrogens is 505 g/mol. The van der Waals surface area contributed by atoms with Crippen LogP contribution in [0.5, 0.6) is 11.6 Å². The quantitative estimate of drug-likeness (QED) is 0.337. The van der Waals surface area contributed by atoms with Gasteiger partial charge in [0, 0.05) is 35.6 Å². The summed E-state index contributed by atoms with van der Waals surface area (Å²) >= 11 is 5.95. The fraction of sp³-hybridized carbons (Fsp3) is 0.160. The summed E-state index contributed by atoms with van der Waals surface area (Å²) in [5.74, 6) is -2.90. The second kappa shape index (κ2) is 11.0. The van der Waals surface area contributed by atoms with E-state index in [0.717, 1.165) is 15.2 Å². The number of halogens is 2. The van der Waals surface area contributed by atoms with Gasteiger partial charge in [-0.3, -0.25) is 9.36 Å². The standard InChI is InChI=1S/C25H21ClFN5O5/c1-15(22(33)34)13-32-24(35)30-23(31(25(32)36)14-16-5-7-17(26)8-6-16)29-18-9-10-20(19(27)12-18)37-21-4-2-3-11-28-21/h2-12,15H,13-14H2,1H3,(H,33,34)(H,29,30,35)/t15-/m0/s1. The smallest absolute Gasteiger partial charge is 0.354 e. The van der Waals surface area contributed by atoms with Gasteiger partial charge in [-0.05, 0) is 35.9 Å². The maximum Gasteiger partial charge on any atom is 0.354 e. The van der Waals surface area contributed by atoms with Crippen LogP contribution in [0.15, 0.2) is 76.4 Å². The number of rotatable bonds is 9. The van der Waals surface area contributed by atoms with Crippen LogP contribution in [0.3, 0.4) is 0 Å². The van der Waals surface area contributed by atoms with E-state index in [1.165, 1.54) is 25.3 Å². The number of nitrogens with one attached hydrogen (secondary N) is 1. The fourth-order valence-corrected chi connectivity index (χ4v) is 3.48. The Bertz CT molecular complexity index is 1540. The molecule has 0 spiro atoms. The molecule has 10 nitrogen and oxygen atoms in total. The van der Waals surface area contributed by atoms with Crippen molar-refractivity contribution in [2.75, 3.05) is 5.32 Å². The third kappa shape index (κ3) is 6.19. The minimum atomic E-state index is -1.17. The molecule has 0 fully saturated rings. The molecule has 0 aliphatic heterocycles. The van der Waals surface area contributed by atoms with Gasteiger partial charge in [0.1, 0.15) is 0 Å². The lowest BCUT2D eigenvalue weighted by Crippen LogP contribution is -2.44. The first kappa shape index (κ1) is 25.6. The predicted molar refractivity (Wildman–Crippen MR) is 134 cm³/mol. The van der Waals surface area contributed by atoms with Gasteiger partial charge in [0.25, 0.3) is 0 Å². The molecule has 0 bridgehead atoms. The first-order valence-electron chi connectivity index (χ1n) is 11.1. The number of pyridine rings is 1. The van der Waals surface area contributed by atoms with Crippen molar-refractivity contribution in [3.8, 4) is 11.6 Å². The first-order valence-corrected chi connectivity index (χ1v) is 11.4. The van der Waals surface area contributed by atoms with Gasteiger partial charge >= 0.3 is 17.3 Å². The number of anilines is 2. The summed E-state index contributed by atoms with van der Waals surface area (Å²) in [6.45, 7) is 0.993. The number of carboxylic acids is 1. The van der Waals surface area contributed by atoms with Crippen molar-refractivity contribution in [3.05, 3.63) is 104 Å². The molecule has 0 unspecified atom stereocenters. The number of hydrogen-bond donors (Lipinski definition) is 2. The zero-order valence-electron chi connectivity index (χ0n) is 19.5. The molecule has 2 N–H and O–H groups in total. The van der Waals surface area contributed by atoms with Gasteiger partial charge in [-0.15, -0.1) is 0 Å². The van der Waals surface area contributed by atoms with Crippen LogP contribution in [0, 0.1) is 11.7 Å². The van der Waals surface area contributed by atoms with Gasteiger partial charge in [-0.2, -0.15) is 4.98 Å². The molecule has 2 heterocycles. The maximum absolute atomic E-state index is 14.7. The zero-order chi connectivity index (χ0) is 26.5. The number of carbonyl (C=O) groups is 1. The number of aromatic nitrogens is 4. The third-order valence-corrected chi connectivity index (χ3v) is 5.57. The van der Waals surface area contributed by atoms with E-state index in [9.17, 15) is 23.9 Å². The maximum atomic E-state index is 14.7. The molecule has 12 heteroatoms. The number of ether oxygens (including phenoxy) is 1. The third-order valence-electron chi connectivity index (χ3n) is 5.32. The molecular formula is C25H21ClFN5O5. The lowest BCUT2D eigenvalue weighted by atomic mass is 10.2. The van der Waals surface area contributed by atoms with Crippen LogP contribution in [0.25, 0.3) is 0 Å². The van der Waals surface area contributed by atoms with Crippen molar-refractivity contribution in [1.82, 2.24) is 19.1 Å². The molecule has 2 aromatic heterocycles. The van der Waals surface area contributed by atoms with Gasteiger partial charge in [-0.1, -0.05) is 36.7 Å². The van der Waals surface area contributed by atoms with E-state index in [1.807, 2.05) is 0 Å². The second-order valence-corrected chi connectivity index (χ2v) is 8.54. The molecule has 1 atom stereocenters. The Hall–Kier alpha value is -4.51. The number of hydrogen-bond acceptors (Lipinski definition) is 7. The molecule has 0 amide bonds. The molecule has 0 aliphatic carbocycles. The van der Waals surface area contributed by atoms with E-state index in [1.54, 1.807) is 42.5 Å². The minimum absolute atomic E-state index is 0.0174. The van der Waals surface area contributed by atoms with Crippen LogP contribution < -0.4 is 21.4 Å². The first-order chi connectivity index (χ1) is 17.7. The number of benzene rings is 2. The highest BCUT2D eigenvalue weighted by Crippen LogP contribution is 2.26. The van der Waals surface area contributed by atoms with E-state index < -0.39 is 29.1 Å². The topological polar surface area (TPSA) is 128 Å². The Kier molecular flexibility index (Phi) is 7.63. The van der Waals surface area contributed by atoms with Crippen LogP contribution in [-0.2, 0) is 17.9 Å². The highest BCUT2D eigenvalue weighted by molar-refractivity contribution is 6.30. The SMILES string of the molecule is C[C@@H](Cn1c(=O)nc(Nc2ccc(Oc3ccccn3)c(F)c2)n(Cc2ccc(Cl)cc2)c1=O)C(=O)O. The second-order valence-electron chi connectivity index (χ2n) is 8.10. The van der Waals surface area contributed by atoms with Crippen LogP contribution >= 0.6 is 11.6 Å². The lowest BCUT2D eigenvalue weighted by Gasteiger charge is -2.17. The highest BCUT2D eigenvalue weighted by Gasteiger charge is 2.19. The van der Waals surface area contributed by atoms with Crippen molar-refractivity contribution < 1.29 is 19.0 Å². The van der Waals surface area contributed by atoms with Gasteiger partial charge in [-0.25, -0.2) is 23.5 Å². The Morgan fingerprint density at radius 3 is 2.54 bits per heavy atom. The summed E-state index contributed by atoms with van der Waals surface area (Å²) in [4.78, 5) is 45.2.